The summed E-state index contributed by atoms with van der Waals surface area (Å²) in [5.41, 5.74) is 2.43. The molecule has 2 N–H and O–H groups in total. The molecule has 0 saturated heterocycles. The van der Waals surface area contributed by atoms with E-state index >= 15 is 0 Å². The molecule has 1 atom stereocenters. The molecule has 2 rings (SSSR count). The Morgan fingerprint density at radius 2 is 2.44 bits per heavy atom. The predicted molar refractivity (Wildman–Crippen MR) is 61.7 cm³/mol. The van der Waals surface area contributed by atoms with Gasteiger partial charge in [-0.25, -0.2) is 0 Å². The molecule has 0 spiro atoms. The van der Waals surface area contributed by atoms with E-state index in [1.165, 1.54) is 5.56 Å². The van der Waals surface area contributed by atoms with Crippen molar-refractivity contribution in [3.05, 3.63) is 11.3 Å². The van der Waals surface area contributed by atoms with E-state index in [9.17, 15) is 5.11 Å². The molecule has 0 radical (unpaired) electrons. The second-order valence-electron chi connectivity index (χ2n) is 4.31. The van der Waals surface area contributed by atoms with Gasteiger partial charge in [0.15, 0.2) is 5.82 Å². The summed E-state index contributed by atoms with van der Waals surface area (Å²) in [5, 5.41) is 17.0. The smallest absolute Gasteiger partial charge is 0.153 e. The van der Waals surface area contributed by atoms with Crippen LogP contribution in [-0.4, -0.2) is 48.2 Å². The van der Waals surface area contributed by atoms with Gasteiger partial charge in [0, 0.05) is 31.5 Å². The lowest BCUT2D eigenvalue weighted by Crippen LogP contribution is -2.38. The molecule has 90 valence electrons. The number of anilines is 1. The van der Waals surface area contributed by atoms with Crippen LogP contribution in [0, 0.1) is 6.92 Å². The third kappa shape index (κ3) is 2.20. The molecule has 0 fully saturated rings. The van der Waals surface area contributed by atoms with Crippen molar-refractivity contribution in [2.45, 2.75) is 25.9 Å². The Morgan fingerprint density at radius 1 is 1.62 bits per heavy atom. The van der Waals surface area contributed by atoms with E-state index in [4.69, 9.17) is 4.74 Å². The highest BCUT2D eigenvalue weighted by molar-refractivity contribution is 5.51. The van der Waals surface area contributed by atoms with Crippen LogP contribution in [0.3, 0.4) is 0 Å². The van der Waals surface area contributed by atoms with Crippen molar-refractivity contribution < 1.29 is 9.84 Å². The fraction of sp³-hybridized carbons (Fsp3) is 0.727. The Kier molecular flexibility index (Phi) is 3.46. The van der Waals surface area contributed by atoms with Gasteiger partial charge >= 0.3 is 0 Å². The molecule has 0 aromatic carbocycles. The normalized spacial score (nSPS) is 17.3. The number of hydrogen-bond acceptors (Lipinski definition) is 4. The minimum Gasteiger partial charge on any atom is -0.389 e. The van der Waals surface area contributed by atoms with Crippen molar-refractivity contribution in [2.24, 2.45) is 0 Å². The van der Waals surface area contributed by atoms with Crippen LogP contribution >= 0.6 is 0 Å². The van der Waals surface area contributed by atoms with Gasteiger partial charge < -0.3 is 14.7 Å². The van der Waals surface area contributed by atoms with Gasteiger partial charge in [-0.15, -0.1) is 0 Å². The highest BCUT2D eigenvalue weighted by Crippen LogP contribution is 2.26. The number of rotatable bonds is 4. The van der Waals surface area contributed by atoms with Gasteiger partial charge in [0.25, 0.3) is 0 Å². The number of aliphatic hydroxyl groups is 1. The number of β-amino-alcohol motifs (C(OH)–C–C–N with tert-alkyl or cyclic N) is 1. The minimum atomic E-state index is -0.451. The molecular formula is C11H19N3O2. The average molecular weight is 225 g/mol. The first-order valence-electron chi connectivity index (χ1n) is 5.68. The summed E-state index contributed by atoms with van der Waals surface area (Å²) in [6.45, 7) is 3.96. The molecule has 1 aliphatic heterocycles. The molecule has 0 saturated carbocycles. The van der Waals surface area contributed by atoms with E-state index in [-0.39, 0.29) is 0 Å². The van der Waals surface area contributed by atoms with Crippen LogP contribution < -0.4 is 4.90 Å². The molecular weight excluding hydrogens is 206 g/mol. The first-order valence-corrected chi connectivity index (χ1v) is 5.68. The van der Waals surface area contributed by atoms with E-state index in [0.717, 1.165) is 30.9 Å². The molecule has 2 heterocycles. The lowest BCUT2D eigenvalue weighted by atomic mass is 10.1. The number of aryl methyl sites for hydroxylation is 1. The number of aromatic nitrogens is 2. The molecule has 5 heteroatoms. The van der Waals surface area contributed by atoms with Crippen LogP contribution in [0.25, 0.3) is 0 Å². The predicted octanol–water partition coefficient (Wildman–Crippen LogP) is 0.478. The van der Waals surface area contributed by atoms with Crippen molar-refractivity contribution in [1.82, 2.24) is 10.2 Å². The number of nitrogens with one attached hydrogen (secondary N) is 1. The summed E-state index contributed by atoms with van der Waals surface area (Å²) < 4.78 is 4.93. The number of fused-ring (bicyclic) bond motifs is 1. The first-order chi connectivity index (χ1) is 7.72. The van der Waals surface area contributed by atoms with Crippen LogP contribution in [0.4, 0.5) is 5.82 Å². The summed E-state index contributed by atoms with van der Waals surface area (Å²) in [6, 6.07) is 0. The maximum absolute atomic E-state index is 9.73. The molecule has 0 amide bonds. The summed E-state index contributed by atoms with van der Waals surface area (Å²) in [6.07, 6.45) is 1.75. The number of H-pyrrole nitrogens is 1. The number of hydrogen-bond donors (Lipinski definition) is 2. The van der Waals surface area contributed by atoms with E-state index < -0.39 is 6.10 Å². The van der Waals surface area contributed by atoms with Crippen LogP contribution in [0.5, 0.6) is 0 Å². The van der Waals surface area contributed by atoms with E-state index in [2.05, 4.69) is 15.1 Å². The second-order valence-corrected chi connectivity index (χ2v) is 4.31. The number of methoxy groups -OCH3 is 1. The maximum Gasteiger partial charge on any atom is 0.153 e. The average Bonchev–Trinajstić information content (AvgIpc) is 2.62. The summed E-state index contributed by atoms with van der Waals surface area (Å²) in [4.78, 5) is 2.13. The van der Waals surface area contributed by atoms with Crippen molar-refractivity contribution in [3.63, 3.8) is 0 Å². The number of nitrogens with zero attached hydrogens (tertiary/aromatic N) is 2. The Bertz CT molecular complexity index is 351. The maximum atomic E-state index is 9.73. The van der Waals surface area contributed by atoms with E-state index in [0.29, 0.717) is 13.2 Å². The van der Waals surface area contributed by atoms with Gasteiger partial charge in [-0.3, -0.25) is 5.10 Å². The summed E-state index contributed by atoms with van der Waals surface area (Å²) in [5.74, 6) is 0.999. The highest BCUT2D eigenvalue weighted by Gasteiger charge is 2.23. The highest BCUT2D eigenvalue weighted by atomic mass is 16.5. The molecule has 1 aromatic heterocycles. The number of aliphatic hydroxyl groups excluding tert-OH is 1. The van der Waals surface area contributed by atoms with Gasteiger partial charge in [-0.1, -0.05) is 0 Å². The van der Waals surface area contributed by atoms with Gasteiger partial charge in [0.05, 0.1) is 12.7 Å². The van der Waals surface area contributed by atoms with Crippen molar-refractivity contribution >= 4 is 5.82 Å². The zero-order valence-corrected chi connectivity index (χ0v) is 9.86. The van der Waals surface area contributed by atoms with Gasteiger partial charge in [0.2, 0.25) is 0 Å². The Morgan fingerprint density at radius 3 is 3.19 bits per heavy atom. The molecule has 16 heavy (non-hydrogen) atoms. The van der Waals surface area contributed by atoms with Crippen molar-refractivity contribution in [2.75, 3.05) is 31.7 Å². The van der Waals surface area contributed by atoms with Crippen LogP contribution in [-0.2, 0) is 11.2 Å². The minimum absolute atomic E-state index is 0.370. The summed E-state index contributed by atoms with van der Waals surface area (Å²) >= 11 is 0. The van der Waals surface area contributed by atoms with Gasteiger partial charge in [-0.2, -0.15) is 5.10 Å². The third-order valence-corrected chi connectivity index (χ3v) is 3.00. The SMILES string of the molecule is COCC(O)CN1CCCc2c1n[nH]c2C. The summed E-state index contributed by atoms with van der Waals surface area (Å²) in [7, 11) is 1.60. The van der Waals surface area contributed by atoms with Crippen LogP contribution in [0.1, 0.15) is 17.7 Å². The topological polar surface area (TPSA) is 61.4 Å². The largest absolute Gasteiger partial charge is 0.389 e. The quantitative estimate of drug-likeness (QED) is 0.782. The van der Waals surface area contributed by atoms with Gasteiger partial charge in [-0.05, 0) is 19.8 Å². The Hall–Kier alpha value is -1.07. The van der Waals surface area contributed by atoms with Gasteiger partial charge in [0.1, 0.15) is 0 Å². The third-order valence-electron chi connectivity index (χ3n) is 3.00. The Balaban J connectivity index is 2.07. The fourth-order valence-corrected chi connectivity index (χ4v) is 2.23. The van der Waals surface area contributed by atoms with Crippen molar-refractivity contribution in [3.8, 4) is 0 Å². The molecule has 1 aromatic rings. The first kappa shape index (κ1) is 11.4. The molecule has 5 nitrogen and oxygen atoms in total. The van der Waals surface area contributed by atoms with E-state index in [1.807, 2.05) is 6.92 Å². The lowest BCUT2D eigenvalue weighted by Gasteiger charge is -2.29. The molecule has 0 bridgehead atoms. The molecule has 1 unspecified atom stereocenters. The standard InChI is InChI=1S/C11H19N3O2/c1-8-10-4-3-5-14(11(10)13-12-8)6-9(15)7-16-2/h9,15H,3-7H2,1-2H3,(H,12,13). The zero-order chi connectivity index (χ0) is 11.5. The molecule has 0 aliphatic carbocycles. The second kappa shape index (κ2) is 4.84. The Labute approximate surface area is 95.4 Å². The van der Waals surface area contributed by atoms with Crippen LogP contribution in [0.2, 0.25) is 0 Å². The fourth-order valence-electron chi connectivity index (χ4n) is 2.23. The van der Waals surface area contributed by atoms with Crippen LogP contribution in [0.15, 0.2) is 0 Å². The number of ether oxygens (including phenoxy) is 1. The van der Waals surface area contributed by atoms with E-state index in [1.54, 1.807) is 7.11 Å². The van der Waals surface area contributed by atoms with Crippen molar-refractivity contribution in [1.29, 1.82) is 0 Å². The zero-order valence-electron chi connectivity index (χ0n) is 9.86. The monoisotopic (exact) mass is 225 g/mol. The molecule has 1 aliphatic rings. The lowest BCUT2D eigenvalue weighted by molar-refractivity contribution is 0.0685. The number of aromatic amines is 1.